The van der Waals surface area contributed by atoms with E-state index in [0.717, 1.165) is 53.6 Å². The number of hydrogen-bond donors (Lipinski definition) is 0. The van der Waals surface area contributed by atoms with E-state index >= 15 is 0 Å². The van der Waals surface area contributed by atoms with Gasteiger partial charge in [0.15, 0.2) is 0 Å². The maximum absolute atomic E-state index is 13.6. The quantitative estimate of drug-likeness (QED) is 0.576. The number of aryl methyl sites for hydroxylation is 1. The SMILES string of the molecule is Cc1cc2c(cc1Br)C(CC(=O)C13CC4CC(CC(C4)C1)C3)=NC(C)(C)C2. The van der Waals surface area contributed by atoms with E-state index in [9.17, 15) is 4.79 Å². The molecular formula is C24H30BrNO. The lowest BCUT2D eigenvalue weighted by molar-refractivity contribution is -0.142. The molecule has 1 aromatic carbocycles. The number of benzene rings is 1. The maximum Gasteiger partial charge on any atom is 0.145 e. The van der Waals surface area contributed by atoms with Gasteiger partial charge in [-0.2, -0.15) is 0 Å². The highest BCUT2D eigenvalue weighted by atomic mass is 79.9. The summed E-state index contributed by atoms with van der Waals surface area (Å²) >= 11 is 3.69. The van der Waals surface area contributed by atoms with Crippen LogP contribution >= 0.6 is 15.9 Å². The summed E-state index contributed by atoms with van der Waals surface area (Å²) < 4.78 is 1.12. The third-order valence-corrected chi connectivity index (χ3v) is 8.57. The first-order chi connectivity index (χ1) is 12.7. The molecule has 27 heavy (non-hydrogen) atoms. The molecule has 6 rings (SSSR count). The highest BCUT2D eigenvalue weighted by Gasteiger charge is 2.54. The minimum atomic E-state index is -0.121. The molecule has 1 heterocycles. The number of fused-ring (bicyclic) bond motifs is 1. The molecule has 0 amide bonds. The van der Waals surface area contributed by atoms with Crippen LogP contribution in [0.3, 0.4) is 0 Å². The Bertz CT molecular complexity index is 815. The lowest BCUT2D eigenvalue weighted by Crippen LogP contribution is -2.50. The summed E-state index contributed by atoms with van der Waals surface area (Å²) in [5.41, 5.74) is 4.69. The van der Waals surface area contributed by atoms with Crippen LogP contribution in [0.25, 0.3) is 0 Å². The van der Waals surface area contributed by atoms with Crippen molar-refractivity contribution in [1.82, 2.24) is 0 Å². The van der Waals surface area contributed by atoms with Crippen LogP contribution in [0.15, 0.2) is 21.6 Å². The van der Waals surface area contributed by atoms with Crippen molar-refractivity contribution >= 4 is 27.4 Å². The standard InChI is InChI=1S/C24H30BrNO/c1-14-4-18-13-23(2,3)26-21(19(18)8-20(14)25)9-22(27)24-10-15-5-16(11-24)7-17(6-15)12-24/h4,8,15-17H,5-7,9-13H2,1-3H3. The smallest absolute Gasteiger partial charge is 0.145 e. The molecule has 4 fully saturated rings. The number of nitrogens with zero attached hydrogens (tertiary/aromatic N) is 1. The monoisotopic (exact) mass is 427 g/mol. The van der Waals surface area contributed by atoms with Crippen LogP contribution in [0.1, 0.15) is 75.5 Å². The Hall–Kier alpha value is -0.960. The lowest BCUT2D eigenvalue weighted by Gasteiger charge is -2.56. The second kappa shape index (κ2) is 6.02. The van der Waals surface area contributed by atoms with Crippen LogP contribution < -0.4 is 0 Å². The molecule has 0 saturated heterocycles. The lowest BCUT2D eigenvalue weighted by atomic mass is 9.48. The van der Waals surface area contributed by atoms with Crippen molar-refractivity contribution in [3.05, 3.63) is 33.3 Å². The molecule has 0 aromatic heterocycles. The van der Waals surface area contributed by atoms with Gasteiger partial charge in [-0.05, 0) is 101 Å². The Kier molecular flexibility index (Phi) is 4.03. The predicted octanol–water partition coefficient (Wildman–Crippen LogP) is 6.06. The molecule has 4 saturated carbocycles. The first-order valence-electron chi connectivity index (χ1n) is 10.6. The van der Waals surface area contributed by atoms with E-state index in [1.807, 2.05) is 0 Å². The summed E-state index contributed by atoms with van der Waals surface area (Å²) in [5, 5.41) is 0. The Morgan fingerprint density at radius 3 is 2.30 bits per heavy atom. The highest BCUT2D eigenvalue weighted by Crippen LogP contribution is 2.60. The molecule has 1 aliphatic heterocycles. The molecule has 0 unspecified atom stereocenters. The van der Waals surface area contributed by atoms with E-state index in [2.05, 4.69) is 48.8 Å². The number of Topliss-reactive ketones (excluding diaryl/α,β-unsaturated/α-hetero) is 1. The van der Waals surface area contributed by atoms with Gasteiger partial charge in [0.25, 0.3) is 0 Å². The molecule has 0 N–H and O–H groups in total. The number of carbonyl (C=O) groups is 1. The van der Waals surface area contributed by atoms with Crippen molar-refractivity contribution in [3.63, 3.8) is 0 Å². The molecule has 5 aliphatic rings. The summed E-state index contributed by atoms with van der Waals surface area (Å²) in [6.45, 7) is 6.54. The molecule has 2 nitrogen and oxygen atoms in total. The van der Waals surface area contributed by atoms with Crippen molar-refractivity contribution in [2.75, 3.05) is 0 Å². The molecule has 4 bridgehead atoms. The van der Waals surface area contributed by atoms with Gasteiger partial charge in [0.05, 0.1) is 11.3 Å². The molecule has 3 heteroatoms. The molecule has 0 spiro atoms. The average molecular weight is 428 g/mol. The molecule has 4 aliphatic carbocycles. The Labute approximate surface area is 171 Å². The zero-order valence-electron chi connectivity index (χ0n) is 16.8. The van der Waals surface area contributed by atoms with Crippen molar-refractivity contribution in [2.24, 2.45) is 28.2 Å². The fourth-order valence-corrected chi connectivity index (χ4v) is 7.36. The third kappa shape index (κ3) is 3.05. The molecule has 0 atom stereocenters. The first kappa shape index (κ1) is 18.1. The van der Waals surface area contributed by atoms with Gasteiger partial charge in [0, 0.05) is 21.9 Å². The Morgan fingerprint density at radius 1 is 1.11 bits per heavy atom. The number of rotatable bonds is 3. The number of ketones is 1. The van der Waals surface area contributed by atoms with Crippen LogP contribution in [-0.4, -0.2) is 17.0 Å². The minimum absolute atomic E-state index is 0.0268. The fraction of sp³-hybridized carbons (Fsp3) is 0.667. The third-order valence-electron chi connectivity index (χ3n) is 7.71. The van der Waals surface area contributed by atoms with Crippen molar-refractivity contribution in [1.29, 1.82) is 0 Å². The zero-order chi connectivity index (χ0) is 19.0. The van der Waals surface area contributed by atoms with Crippen molar-refractivity contribution in [3.8, 4) is 0 Å². The molecule has 144 valence electrons. The second-order valence-electron chi connectivity index (χ2n) is 10.6. The van der Waals surface area contributed by atoms with Crippen LogP contribution in [0.5, 0.6) is 0 Å². The number of halogens is 1. The van der Waals surface area contributed by atoms with Gasteiger partial charge in [0.2, 0.25) is 0 Å². The number of hydrogen-bond acceptors (Lipinski definition) is 2. The van der Waals surface area contributed by atoms with Crippen LogP contribution in [0.2, 0.25) is 0 Å². The van der Waals surface area contributed by atoms with E-state index in [0.29, 0.717) is 12.2 Å². The fourth-order valence-electron chi connectivity index (χ4n) is 7.01. The van der Waals surface area contributed by atoms with Crippen LogP contribution in [0, 0.1) is 30.1 Å². The van der Waals surface area contributed by atoms with Gasteiger partial charge >= 0.3 is 0 Å². The number of carbonyl (C=O) groups excluding carboxylic acids is 1. The minimum Gasteiger partial charge on any atom is -0.299 e. The van der Waals surface area contributed by atoms with Gasteiger partial charge in [-0.3, -0.25) is 9.79 Å². The summed E-state index contributed by atoms with van der Waals surface area (Å²) in [6, 6.07) is 4.48. The average Bonchev–Trinajstić information content (AvgIpc) is 2.54. The normalized spacial score (nSPS) is 35.7. The molecule has 1 aromatic rings. The predicted molar refractivity (Wildman–Crippen MR) is 113 cm³/mol. The maximum atomic E-state index is 13.6. The highest BCUT2D eigenvalue weighted by molar-refractivity contribution is 9.10. The van der Waals surface area contributed by atoms with Crippen molar-refractivity contribution in [2.45, 2.75) is 77.7 Å². The van der Waals surface area contributed by atoms with E-state index in [1.54, 1.807) is 0 Å². The van der Waals surface area contributed by atoms with Gasteiger partial charge < -0.3 is 0 Å². The zero-order valence-corrected chi connectivity index (χ0v) is 18.4. The first-order valence-corrected chi connectivity index (χ1v) is 11.4. The van der Waals surface area contributed by atoms with Crippen LogP contribution in [0.4, 0.5) is 0 Å². The van der Waals surface area contributed by atoms with E-state index < -0.39 is 0 Å². The largest absolute Gasteiger partial charge is 0.299 e. The second-order valence-corrected chi connectivity index (χ2v) is 11.5. The van der Waals surface area contributed by atoms with E-state index in [-0.39, 0.29) is 11.0 Å². The Morgan fingerprint density at radius 2 is 1.70 bits per heavy atom. The van der Waals surface area contributed by atoms with Crippen LogP contribution in [-0.2, 0) is 11.2 Å². The van der Waals surface area contributed by atoms with Gasteiger partial charge in [0.1, 0.15) is 5.78 Å². The summed E-state index contributed by atoms with van der Waals surface area (Å²) in [5.74, 6) is 2.93. The van der Waals surface area contributed by atoms with E-state index in [4.69, 9.17) is 4.99 Å². The van der Waals surface area contributed by atoms with Crippen molar-refractivity contribution < 1.29 is 4.79 Å². The van der Waals surface area contributed by atoms with Gasteiger partial charge in [-0.1, -0.05) is 22.0 Å². The van der Waals surface area contributed by atoms with Gasteiger partial charge in [-0.25, -0.2) is 0 Å². The van der Waals surface area contributed by atoms with E-state index in [1.165, 1.54) is 36.0 Å². The Balaban J connectivity index is 1.47. The summed E-state index contributed by atoms with van der Waals surface area (Å²) in [6.07, 6.45) is 9.08. The topological polar surface area (TPSA) is 29.4 Å². The molecule has 0 radical (unpaired) electrons. The summed E-state index contributed by atoms with van der Waals surface area (Å²) in [4.78, 5) is 18.7. The summed E-state index contributed by atoms with van der Waals surface area (Å²) in [7, 11) is 0. The molecular weight excluding hydrogens is 398 g/mol. The number of aliphatic imine (C=N–C) groups is 1. The van der Waals surface area contributed by atoms with Gasteiger partial charge in [-0.15, -0.1) is 0 Å².